The maximum absolute atomic E-state index is 8.27. The zero-order valence-electron chi connectivity index (χ0n) is 8.38. The van der Waals surface area contributed by atoms with Crippen LogP contribution in [-0.2, 0) is 0 Å². The van der Waals surface area contributed by atoms with Crippen LogP contribution >= 0.6 is 0 Å². The molecule has 0 heterocycles. The number of unbranched alkanes of at least 4 members (excludes halogenated alkanes) is 1. The fourth-order valence-corrected chi connectivity index (χ4v) is 0.526. The van der Waals surface area contributed by atoms with Gasteiger partial charge in [-0.2, -0.15) is 0 Å². The van der Waals surface area contributed by atoms with Crippen molar-refractivity contribution in [3.8, 4) is 0 Å². The topological polar surface area (TPSA) is 20.2 Å². The van der Waals surface area contributed by atoms with Gasteiger partial charge in [0.2, 0.25) is 0 Å². The maximum atomic E-state index is 8.27. The smallest absolute Gasteiger partial charge is 0.108 e. The highest BCUT2D eigenvalue weighted by molar-refractivity contribution is 5.03. The van der Waals surface area contributed by atoms with Gasteiger partial charge in [-0.3, -0.25) is 0 Å². The third kappa shape index (κ3) is 23.0. The molecule has 0 saturated heterocycles. The maximum Gasteiger partial charge on any atom is 0.108 e. The van der Waals surface area contributed by atoms with Crippen LogP contribution in [0.3, 0.4) is 0 Å². The molecule has 0 rings (SSSR count). The van der Waals surface area contributed by atoms with Crippen LogP contribution in [0, 0.1) is 0 Å². The van der Waals surface area contributed by atoms with E-state index in [1.54, 1.807) is 6.08 Å². The molecule has 0 saturated carbocycles. The molecule has 1 nitrogen and oxygen atoms in total. The van der Waals surface area contributed by atoms with Crippen LogP contribution in [0.25, 0.3) is 0 Å². The van der Waals surface area contributed by atoms with Gasteiger partial charge < -0.3 is 5.11 Å². The van der Waals surface area contributed by atoms with Gasteiger partial charge in [-0.1, -0.05) is 38.2 Å². The van der Waals surface area contributed by atoms with E-state index in [0.717, 1.165) is 0 Å². The highest BCUT2D eigenvalue weighted by atomic mass is 16.3. The van der Waals surface area contributed by atoms with E-state index in [-0.39, 0.29) is 5.76 Å². The molecule has 1 N–H and O–H groups in total. The molecule has 0 atom stereocenters. The zero-order chi connectivity index (χ0) is 9.82. The molecule has 0 unspecified atom stereocenters. The normalized spacial score (nSPS) is 9.92. The lowest BCUT2D eigenvalue weighted by atomic mass is 10.3. The van der Waals surface area contributed by atoms with Crippen molar-refractivity contribution < 1.29 is 5.11 Å². The van der Waals surface area contributed by atoms with Crippen LogP contribution in [0.4, 0.5) is 0 Å². The SMILES string of the molecule is C/C=C/CCC.C=C(O)/C=C\C. The molecule has 0 aliphatic carbocycles. The van der Waals surface area contributed by atoms with E-state index in [4.69, 9.17) is 5.11 Å². The predicted molar refractivity (Wildman–Crippen MR) is 56.3 cm³/mol. The Labute approximate surface area is 76.1 Å². The lowest BCUT2D eigenvalue weighted by molar-refractivity contribution is 0.435. The Hall–Kier alpha value is -0.980. The minimum absolute atomic E-state index is 0.109. The van der Waals surface area contributed by atoms with Gasteiger partial charge in [0, 0.05) is 0 Å². The Morgan fingerprint density at radius 2 is 1.92 bits per heavy atom. The molecular formula is C11H20O. The van der Waals surface area contributed by atoms with E-state index in [2.05, 4.69) is 32.6 Å². The molecule has 0 aliphatic heterocycles. The summed E-state index contributed by atoms with van der Waals surface area (Å²) in [6.07, 6.45) is 10.0. The van der Waals surface area contributed by atoms with Crippen LogP contribution in [0.15, 0.2) is 36.6 Å². The van der Waals surface area contributed by atoms with Gasteiger partial charge >= 0.3 is 0 Å². The Kier molecular flexibility index (Phi) is 14.4. The molecule has 0 aromatic rings. The Morgan fingerprint density at radius 3 is 2.00 bits per heavy atom. The summed E-state index contributed by atoms with van der Waals surface area (Å²) in [5, 5.41) is 8.27. The number of hydrogen-bond donors (Lipinski definition) is 1. The largest absolute Gasteiger partial charge is 0.509 e. The average Bonchev–Trinajstić information content (AvgIpc) is 2.02. The molecule has 0 spiro atoms. The van der Waals surface area contributed by atoms with Crippen molar-refractivity contribution in [2.45, 2.75) is 33.6 Å². The molecule has 0 bridgehead atoms. The number of aliphatic hydroxyl groups is 1. The van der Waals surface area contributed by atoms with E-state index in [0.29, 0.717) is 0 Å². The van der Waals surface area contributed by atoms with Crippen molar-refractivity contribution in [3.63, 3.8) is 0 Å². The van der Waals surface area contributed by atoms with E-state index in [1.807, 2.05) is 6.92 Å². The van der Waals surface area contributed by atoms with Gasteiger partial charge in [0.1, 0.15) is 5.76 Å². The number of rotatable bonds is 3. The second kappa shape index (κ2) is 12.7. The minimum Gasteiger partial charge on any atom is -0.509 e. The van der Waals surface area contributed by atoms with Crippen molar-refractivity contribution in [2.75, 3.05) is 0 Å². The molecule has 0 aromatic carbocycles. The quantitative estimate of drug-likeness (QED) is 0.383. The highest BCUT2D eigenvalue weighted by Crippen LogP contribution is 1.85. The first-order valence-electron chi connectivity index (χ1n) is 4.30. The van der Waals surface area contributed by atoms with E-state index >= 15 is 0 Å². The van der Waals surface area contributed by atoms with Crippen LogP contribution in [-0.4, -0.2) is 5.11 Å². The predicted octanol–water partition coefficient (Wildman–Crippen LogP) is 4.00. The van der Waals surface area contributed by atoms with Crippen molar-refractivity contribution in [3.05, 3.63) is 36.6 Å². The lowest BCUT2D eigenvalue weighted by Crippen LogP contribution is -1.62. The summed E-state index contributed by atoms with van der Waals surface area (Å²) in [5.41, 5.74) is 0. The molecule has 70 valence electrons. The molecule has 0 radical (unpaired) electrons. The van der Waals surface area contributed by atoms with Crippen molar-refractivity contribution in [1.29, 1.82) is 0 Å². The van der Waals surface area contributed by atoms with Crippen LogP contribution < -0.4 is 0 Å². The third-order valence-corrected chi connectivity index (χ3v) is 1.05. The Morgan fingerprint density at radius 1 is 1.33 bits per heavy atom. The van der Waals surface area contributed by atoms with Gasteiger partial charge in [-0.25, -0.2) is 0 Å². The van der Waals surface area contributed by atoms with Gasteiger partial charge in [0.25, 0.3) is 0 Å². The first-order valence-corrected chi connectivity index (χ1v) is 4.30. The number of aliphatic hydroxyl groups excluding tert-OH is 1. The molecule has 1 heteroatoms. The first kappa shape index (κ1) is 13.6. The summed E-state index contributed by atoms with van der Waals surface area (Å²) in [6, 6.07) is 0. The second-order valence-electron chi connectivity index (χ2n) is 2.35. The molecule has 0 aliphatic rings. The molecule has 0 fully saturated rings. The summed E-state index contributed by atoms with van der Waals surface area (Å²) >= 11 is 0. The molecule has 0 amide bonds. The summed E-state index contributed by atoms with van der Waals surface area (Å²) in [7, 11) is 0. The minimum atomic E-state index is 0.109. The standard InChI is InChI=1S/C6H12.C5H8O/c1-3-5-6-4-2;1-3-4-5(2)6/h3,5H,4,6H2,1-2H3;3-4,6H,2H2,1H3/b5-3+;4-3-. The van der Waals surface area contributed by atoms with Crippen LogP contribution in [0.1, 0.15) is 33.6 Å². The van der Waals surface area contributed by atoms with Gasteiger partial charge in [0.05, 0.1) is 0 Å². The van der Waals surface area contributed by atoms with Crippen LogP contribution in [0.5, 0.6) is 0 Å². The van der Waals surface area contributed by atoms with Gasteiger partial charge in [-0.05, 0) is 26.3 Å². The molecular weight excluding hydrogens is 148 g/mol. The highest BCUT2D eigenvalue weighted by Gasteiger charge is 1.66. The molecule has 0 aromatic heterocycles. The molecule has 12 heavy (non-hydrogen) atoms. The van der Waals surface area contributed by atoms with E-state index in [9.17, 15) is 0 Å². The van der Waals surface area contributed by atoms with Crippen LogP contribution in [0.2, 0.25) is 0 Å². The van der Waals surface area contributed by atoms with Crippen molar-refractivity contribution >= 4 is 0 Å². The lowest BCUT2D eigenvalue weighted by Gasteiger charge is -1.76. The monoisotopic (exact) mass is 168 g/mol. The van der Waals surface area contributed by atoms with Gasteiger partial charge in [0.15, 0.2) is 0 Å². The number of allylic oxidation sites excluding steroid dienone is 4. The average molecular weight is 168 g/mol. The summed E-state index contributed by atoms with van der Waals surface area (Å²) in [5.74, 6) is 0.109. The van der Waals surface area contributed by atoms with E-state index in [1.165, 1.54) is 18.9 Å². The third-order valence-electron chi connectivity index (χ3n) is 1.05. The summed E-state index contributed by atoms with van der Waals surface area (Å²) < 4.78 is 0. The second-order valence-corrected chi connectivity index (χ2v) is 2.35. The Bertz CT molecular complexity index is 143. The van der Waals surface area contributed by atoms with Crippen molar-refractivity contribution in [2.24, 2.45) is 0 Å². The van der Waals surface area contributed by atoms with E-state index < -0.39 is 0 Å². The Balaban J connectivity index is 0. The first-order chi connectivity index (χ1) is 5.68. The fourth-order valence-electron chi connectivity index (χ4n) is 0.526. The van der Waals surface area contributed by atoms with Gasteiger partial charge in [-0.15, -0.1) is 0 Å². The summed E-state index contributed by atoms with van der Waals surface area (Å²) in [4.78, 5) is 0. The van der Waals surface area contributed by atoms with Crippen molar-refractivity contribution in [1.82, 2.24) is 0 Å². The fraction of sp³-hybridized carbons (Fsp3) is 0.455. The summed E-state index contributed by atoms with van der Waals surface area (Å²) in [6.45, 7) is 9.27. The number of hydrogen-bond acceptors (Lipinski definition) is 1. The zero-order valence-corrected chi connectivity index (χ0v) is 8.38.